The van der Waals surface area contributed by atoms with Gasteiger partial charge >= 0.3 is 18.3 Å². The zero-order chi connectivity index (χ0) is 17.8. The highest BCUT2D eigenvalue weighted by molar-refractivity contribution is 5.95. The van der Waals surface area contributed by atoms with Gasteiger partial charge in [-0.25, -0.2) is 4.79 Å². The number of nitro groups is 1. The maximum atomic E-state index is 12.7. The Balaban J connectivity index is 3.06. The summed E-state index contributed by atoms with van der Waals surface area (Å²) < 4.78 is 77.4. The largest absolute Gasteiger partial charge is 0.452 e. The molecule has 0 heterocycles. The van der Waals surface area contributed by atoms with Gasteiger partial charge in [-0.15, -0.1) is 0 Å². The molecule has 0 amide bonds. The van der Waals surface area contributed by atoms with E-state index in [1.807, 2.05) is 0 Å². The average Bonchev–Trinajstić information content (AvgIpc) is 2.40. The normalized spacial score (nSPS) is 12.9. The van der Waals surface area contributed by atoms with Crippen LogP contribution in [0, 0.1) is 10.1 Å². The second-order valence-corrected chi connectivity index (χ2v) is 4.10. The first kappa shape index (κ1) is 18.5. The Kier molecular flexibility index (Phi) is 5.35. The van der Waals surface area contributed by atoms with E-state index in [0.717, 1.165) is 24.3 Å². The van der Waals surface area contributed by atoms with Crippen molar-refractivity contribution in [3.63, 3.8) is 0 Å². The number of rotatable bonds is 4. The van der Waals surface area contributed by atoms with Crippen LogP contribution in [0.4, 0.5) is 32.0 Å². The average molecular weight is 343 g/mol. The summed E-state index contributed by atoms with van der Waals surface area (Å²) in [6, 6.07) is 3.56. The van der Waals surface area contributed by atoms with E-state index in [2.05, 4.69) is 4.74 Å². The van der Waals surface area contributed by atoms with E-state index < -0.39 is 41.1 Å². The highest BCUT2D eigenvalue weighted by Crippen LogP contribution is 2.29. The van der Waals surface area contributed by atoms with Crippen LogP contribution in [0.25, 0.3) is 6.08 Å². The molecule has 0 saturated heterocycles. The highest BCUT2D eigenvalue weighted by atomic mass is 19.4. The fourth-order valence-electron chi connectivity index (χ4n) is 1.34. The first-order valence-electron chi connectivity index (χ1n) is 5.67. The summed E-state index contributed by atoms with van der Waals surface area (Å²) in [5.74, 6) is -2.20. The van der Waals surface area contributed by atoms with Crippen molar-refractivity contribution < 1.29 is 40.8 Å². The number of hydrogen-bond acceptors (Lipinski definition) is 4. The van der Waals surface area contributed by atoms with Gasteiger partial charge in [-0.2, -0.15) is 26.3 Å². The van der Waals surface area contributed by atoms with Crippen LogP contribution in [0.5, 0.6) is 0 Å². The van der Waals surface area contributed by atoms with E-state index in [0.29, 0.717) is 0 Å². The Bertz CT molecular complexity index is 618. The molecule has 126 valence electrons. The molecule has 0 bridgehead atoms. The zero-order valence-electron chi connectivity index (χ0n) is 10.9. The number of esters is 1. The molecule has 1 aromatic rings. The second kappa shape index (κ2) is 6.67. The number of carbonyl (C=O) groups is 1. The van der Waals surface area contributed by atoms with Gasteiger partial charge in [0.1, 0.15) is 5.57 Å². The van der Waals surface area contributed by atoms with E-state index in [1.54, 1.807) is 0 Å². The Morgan fingerprint density at radius 1 is 1.13 bits per heavy atom. The monoisotopic (exact) mass is 343 g/mol. The number of nitrogens with zero attached hydrogens (tertiary/aromatic N) is 1. The molecule has 0 fully saturated rings. The molecule has 0 aliphatic carbocycles. The Hall–Kier alpha value is -2.59. The molecule has 23 heavy (non-hydrogen) atoms. The summed E-state index contributed by atoms with van der Waals surface area (Å²) in [5, 5.41) is 10.4. The van der Waals surface area contributed by atoms with E-state index in [-0.39, 0.29) is 11.6 Å². The van der Waals surface area contributed by atoms with Gasteiger partial charge in [-0.05, 0) is 23.8 Å². The maximum Gasteiger partial charge on any atom is 0.423 e. The predicted molar refractivity (Wildman–Crippen MR) is 64.1 cm³/mol. The summed E-state index contributed by atoms with van der Waals surface area (Å²) in [4.78, 5) is 20.8. The summed E-state index contributed by atoms with van der Waals surface area (Å²) >= 11 is 0. The third-order valence-electron chi connectivity index (χ3n) is 2.31. The lowest BCUT2D eigenvalue weighted by atomic mass is 10.1. The summed E-state index contributed by atoms with van der Waals surface area (Å²) in [5.41, 5.74) is -2.64. The lowest BCUT2D eigenvalue weighted by Gasteiger charge is -2.12. The van der Waals surface area contributed by atoms with Gasteiger partial charge < -0.3 is 4.74 Å². The lowest BCUT2D eigenvalue weighted by Crippen LogP contribution is -2.26. The molecule has 0 aliphatic heterocycles. The first-order valence-corrected chi connectivity index (χ1v) is 5.67. The molecule has 0 N–H and O–H groups in total. The van der Waals surface area contributed by atoms with Gasteiger partial charge in [0.25, 0.3) is 5.69 Å². The topological polar surface area (TPSA) is 69.4 Å². The summed E-state index contributed by atoms with van der Waals surface area (Å²) in [6.45, 7) is -2.17. The molecular weight excluding hydrogens is 336 g/mol. The minimum atomic E-state index is -5.26. The third kappa shape index (κ3) is 5.96. The number of benzene rings is 1. The molecule has 11 heteroatoms. The fourth-order valence-corrected chi connectivity index (χ4v) is 1.34. The molecule has 5 nitrogen and oxygen atoms in total. The minimum absolute atomic E-state index is 0.239. The van der Waals surface area contributed by atoms with Crippen LogP contribution in [0.2, 0.25) is 0 Å². The van der Waals surface area contributed by atoms with Crippen LogP contribution in [0.1, 0.15) is 5.56 Å². The molecule has 0 unspecified atom stereocenters. The standard InChI is InChI=1S/C12H7F6NO4/c13-11(14,15)6-23-10(20)9(12(16,17)18)5-7-1-3-8(4-2-7)19(21)22/h1-5H,6H2/b9-5+. The highest BCUT2D eigenvalue weighted by Gasteiger charge is 2.41. The molecule has 0 spiro atoms. The Labute approximate surface area is 124 Å². The van der Waals surface area contributed by atoms with E-state index in [4.69, 9.17) is 0 Å². The fraction of sp³-hybridized carbons (Fsp3) is 0.250. The Morgan fingerprint density at radius 3 is 2.04 bits per heavy atom. The first-order chi connectivity index (χ1) is 10.4. The van der Waals surface area contributed by atoms with Crippen LogP contribution in [-0.2, 0) is 9.53 Å². The van der Waals surface area contributed by atoms with Crippen molar-refractivity contribution in [2.75, 3.05) is 6.61 Å². The van der Waals surface area contributed by atoms with Crippen molar-refractivity contribution in [1.82, 2.24) is 0 Å². The van der Waals surface area contributed by atoms with Crippen LogP contribution in [0.15, 0.2) is 29.8 Å². The number of non-ortho nitro benzene ring substituents is 1. The van der Waals surface area contributed by atoms with Crippen LogP contribution >= 0.6 is 0 Å². The van der Waals surface area contributed by atoms with Crippen LogP contribution in [-0.4, -0.2) is 29.9 Å². The number of carbonyl (C=O) groups excluding carboxylic acids is 1. The van der Waals surface area contributed by atoms with E-state index in [9.17, 15) is 41.3 Å². The SMILES string of the molecule is O=C(OCC(F)(F)F)/C(=C\c1ccc([N+](=O)[O-])cc1)C(F)(F)F. The smallest absolute Gasteiger partial charge is 0.423 e. The van der Waals surface area contributed by atoms with E-state index in [1.165, 1.54) is 0 Å². The van der Waals surface area contributed by atoms with Gasteiger partial charge in [0.2, 0.25) is 0 Å². The quantitative estimate of drug-likeness (QED) is 0.275. The number of alkyl halides is 6. The third-order valence-corrected chi connectivity index (χ3v) is 2.31. The molecule has 1 aromatic carbocycles. The molecule has 0 saturated carbocycles. The summed E-state index contributed by atoms with van der Waals surface area (Å²) in [7, 11) is 0. The van der Waals surface area contributed by atoms with Gasteiger partial charge in [0, 0.05) is 12.1 Å². The van der Waals surface area contributed by atoms with Crippen LogP contribution < -0.4 is 0 Å². The summed E-state index contributed by atoms with van der Waals surface area (Å²) in [6.07, 6.45) is -9.99. The van der Waals surface area contributed by atoms with Gasteiger partial charge in [-0.1, -0.05) is 0 Å². The number of halogens is 6. The Morgan fingerprint density at radius 2 is 1.65 bits per heavy atom. The van der Waals surface area contributed by atoms with Crippen LogP contribution in [0.3, 0.4) is 0 Å². The minimum Gasteiger partial charge on any atom is -0.452 e. The van der Waals surface area contributed by atoms with Crippen molar-refractivity contribution in [3.05, 3.63) is 45.5 Å². The van der Waals surface area contributed by atoms with Gasteiger partial charge in [-0.3, -0.25) is 10.1 Å². The van der Waals surface area contributed by atoms with Crippen molar-refractivity contribution in [3.8, 4) is 0 Å². The van der Waals surface area contributed by atoms with Gasteiger partial charge in [0.15, 0.2) is 6.61 Å². The molecule has 0 aromatic heterocycles. The lowest BCUT2D eigenvalue weighted by molar-refractivity contribution is -0.384. The zero-order valence-corrected chi connectivity index (χ0v) is 10.9. The number of ether oxygens (including phenoxy) is 1. The predicted octanol–water partition coefficient (Wildman–Crippen LogP) is 3.65. The van der Waals surface area contributed by atoms with Gasteiger partial charge in [0.05, 0.1) is 4.92 Å². The second-order valence-electron chi connectivity index (χ2n) is 4.10. The number of hydrogen-bond donors (Lipinski definition) is 0. The molecule has 0 radical (unpaired) electrons. The van der Waals surface area contributed by atoms with Crippen molar-refractivity contribution in [1.29, 1.82) is 0 Å². The van der Waals surface area contributed by atoms with E-state index >= 15 is 0 Å². The molecule has 0 atom stereocenters. The molecule has 0 aliphatic rings. The van der Waals surface area contributed by atoms with Crippen molar-refractivity contribution >= 4 is 17.7 Å². The molecule has 1 rings (SSSR count). The molecular formula is C12H7F6NO4. The van der Waals surface area contributed by atoms with Crippen molar-refractivity contribution in [2.45, 2.75) is 12.4 Å². The maximum absolute atomic E-state index is 12.7. The van der Waals surface area contributed by atoms with Crippen molar-refractivity contribution in [2.24, 2.45) is 0 Å². The number of nitro benzene ring substituents is 1.